The third kappa shape index (κ3) is 2.86. The number of aromatic nitrogens is 1. The van der Waals surface area contributed by atoms with Crippen molar-refractivity contribution in [2.24, 2.45) is 4.99 Å². The van der Waals surface area contributed by atoms with Gasteiger partial charge in [0.1, 0.15) is 11.6 Å². The highest BCUT2D eigenvalue weighted by Gasteiger charge is 2.14. The number of aromatic amines is 1. The van der Waals surface area contributed by atoms with Crippen LogP contribution < -0.4 is 4.74 Å². The number of halogens is 1. The van der Waals surface area contributed by atoms with Gasteiger partial charge < -0.3 is 9.72 Å². The van der Waals surface area contributed by atoms with E-state index >= 15 is 0 Å². The lowest BCUT2D eigenvalue weighted by Crippen LogP contribution is -1.86. The highest BCUT2D eigenvalue weighted by molar-refractivity contribution is 6.08. The number of nitrogens with zero attached hydrogens (tertiary/aromatic N) is 1. The van der Waals surface area contributed by atoms with E-state index in [0.717, 1.165) is 33.5 Å². The molecule has 26 heavy (non-hydrogen) atoms. The fourth-order valence-electron chi connectivity index (χ4n) is 3.04. The Balaban J connectivity index is 1.93. The number of aliphatic imine (C=N–C) groups is 1. The molecular formula is C22H17FN2O. The number of ether oxygens (including phenoxy) is 1. The van der Waals surface area contributed by atoms with Gasteiger partial charge in [-0.25, -0.2) is 4.39 Å². The van der Waals surface area contributed by atoms with E-state index in [4.69, 9.17) is 4.74 Å². The van der Waals surface area contributed by atoms with E-state index in [1.165, 1.54) is 6.07 Å². The Morgan fingerprint density at radius 1 is 0.923 bits per heavy atom. The molecule has 0 bridgehead atoms. The minimum absolute atomic E-state index is 0.309. The number of hydrogen-bond acceptors (Lipinski definition) is 2. The predicted octanol–water partition coefficient (Wildman–Crippen LogP) is 5.73. The zero-order valence-corrected chi connectivity index (χ0v) is 14.2. The van der Waals surface area contributed by atoms with Crippen LogP contribution in [0.4, 0.5) is 10.1 Å². The summed E-state index contributed by atoms with van der Waals surface area (Å²) in [4.78, 5) is 7.82. The minimum Gasteiger partial charge on any atom is -0.495 e. The molecule has 1 N–H and O–H groups in total. The molecule has 4 rings (SSSR count). The number of methoxy groups -OCH3 is 1. The van der Waals surface area contributed by atoms with E-state index < -0.39 is 0 Å². The van der Waals surface area contributed by atoms with Gasteiger partial charge >= 0.3 is 0 Å². The van der Waals surface area contributed by atoms with E-state index in [2.05, 4.69) is 9.98 Å². The van der Waals surface area contributed by atoms with E-state index in [9.17, 15) is 4.39 Å². The van der Waals surface area contributed by atoms with Crippen LogP contribution in [0.1, 0.15) is 5.56 Å². The molecule has 0 saturated heterocycles. The highest BCUT2D eigenvalue weighted by atomic mass is 19.1. The smallest absolute Gasteiger partial charge is 0.148 e. The molecule has 4 aromatic rings. The number of H-pyrrole nitrogens is 1. The molecule has 0 aliphatic rings. The van der Waals surface area contributed by atoms with Gasteiger partial charge in [-0.05, 0) is 23.8 Å². The van der Waals surface area contributed by atoms with Gasteiger partial charge in [0.15, 0.2) is 0 Å². The molecule has 0 saturated carbocycles. The molecule has 3 nitrogen and oxygen atoms in total. The zero-order chi connectivity index (χ0) is 17.9. The highest BCUT2D eigenvalue weighted by Crippen LogP contribution is 2.34. The molecule has 0 aliphatic heterocycles. The first-order valence-corrected chi connectivity index (χ1v) is 8.30. The number of nitrogens with one attached hydrogen (secondary N) is 1. The van der Waals surface area contributed by atoms with E-state index in [1.54, 1.807) is 31.5 Å². The van der Waals surface area contributed by atoms with Crippen LogP contribution in [0.5, 0.6) is 5.75 Å². The lowest BCUT2D eigenvalue weighted by atomic mass is 10.1. The molecule has 0 fully saturated rings. The van der Waals surface area contributed by atoms with E-state index in [1.807, 2.05) is 48.5 Å². The third-order valence-corrected chi connectivity index (χ3v) is 4.30. The fraction of sp³-hybridized carbons (Fsp3) is 0.0455. The Labute approximate surface area is 150 Å². The summed E-state index contributed by atoms with van der Waals surface area (Å²) in [6.45, 7) is 0. The Kier molecular flexibility index (Phi) is 4.23. The van der Waals surface area contributed by atoms with Gasteiger partial charge in [-0.2, -0.15) is 0 Å². The molecule has 1 aromatic heterocycles. The molecule has 0 unspecified atom stereocenters. The van der Waals surface area contributed by atoms with Gasteiger partial charge in [0, 0.05) is 17.2 Å². The van der Waals surface area contributed by atoms with Crippen molar-refractivity contribution in [1.29, 1.82) is 0 Å². The minimum atomic E-state index is -0.345. The van der Waals surface area contributed by atoms with Gasteiger partial charge in [0.05, 0.1) is 24.0 Å². The summed E-state index contributed by atoms with van der Waals surface area (Å²) in [6, 6.07) is 22.3. The van der Waals surface area contributed by atoms with Crippen LogP contribution >= 0.6 is 0 Å². The molecule has 3 aromatic carbocycles. The molecule has 0 radical (unpaired) electrons. The van der Waals surface area contributed by atoms with Gasteiger partial charge in [0.2, 0.25) is 0 Å². The van der Waals surface area contributed by atoms with Crippen molar-refractivity contribution >= 4 is 22.8 Å². The third-order valence-electron chi connectivity index (χ3n) is 4.30. The van der Waals surface area contributed by atoms with Crippen molar-refractivity contribution in [1.82, 2.24) is 4.98 Å². The quantitative estimate of drug-likeness (QED) is 0.471. The normalized spacial score (nSPS) is 11.3. The predicted molar refractivity (Wildman–Crippen MR) is 104 cm³/mol. The monoisotopic (exact) mass is 344 g/mol. The van der Waals surface area contributed by atoms with Crippen LogP contribution in [0, 0.1) is 5.82 Å². The summed E-state index contributed by atoms with van der Waals surface area (Å²) >= 11 is 0. The van der Waals surface area contributed by atoms with Gasteiger partial charge in [0.25, 0.3) is 0 Å². The van der Waals surface area contributed by atoms with Gasteiger partial charge in [-0.15, -0.1) is 0 Å². The summed E-state index contributed by atoms with van der Waals surface area (Å²) in [7, 11) is 1.64. The number of hydrogen-bond donors (Lipinski definition) is 1. The van der Waals surface area contributed by atoms with Crippen molar-refractivity contribution < 1.29 is 9.13 Å². The van der Waals surface area contributed by atoms with Crippen LogP contribution in [0.25, 0.3) is 22.2 Å². The second-order valence-corrected chi connectivity index (χ2v) is 5.87. The van der Waals surface area contributed by atoms with Crippen molar-refractivity contribution in [3.05, 3.63) is 84.2 Å². The molecule has 0 aliphatic carbocycles. The van der Waals surface area contributed by atoms with Crippen LogP contribution in [0.2, 0.25) is 0 Å². The van der Waals surface area contributed by atoms with Gasteiger partial charge in [-0.1, -0.05) is 54.6 Å². The first-order chi connectivity index (χ1) is 12.8. The lowest BCUT2D eigenvalue weighted by molar-refractivity contribution is 0.419. The number of para-hydroxylation sites is 2. The largest absolute Gasteiger partial charge is 0.495 e. The summed E-state index contributed by atoms with van der Waals surface area (Å²) in [5.41, 5.74) is 4.05. The van der Waals surface area contributed by atoms with Crippen molar-refractivity contribution in [3.8, 4) is 17.0 Å². The van der Waals surface area contributed by atoms with E-state index in [0.29, 0.717) is 5.69 Å². The Morgan fingerprint density at radius 3 is 2.46 bits per heavy atom. The molecule has 0 spiro atoms. The Morgan fingerprint density at radius 2 is 1.69 bits per heavy atom. The Bertz CT molecular complexity index is 1080. The standard InChI is InChI=1S/C22H17FN2O/c1-26-20-13-7-10-16-17(14-24-19-12-6-5-11-18(19)23)21(25-22(16)20)15-8-3-2-4-9-15/h2-14,25H,1H3. The maximum absolute atomic E-state index is 13.9. The number of fused-ring (bicyclic) bond motifs is 1. The molecule has 4 heteroatoms. The maximum atomic E-state index is 13.9. The van der Waals surface area contributed by atoms with Crippen LogP contribution in [0.15, 0.2) is 77.8 Å². The molecular weight excluding hydrogens is 327 g/mol. The average Bonchev–Trinajstić information content (AvgIpc) is 3.07. The molecule has 128 valence electrons. The van der Waals surface area contributed by atoms with Gasteiger partial charge in [-0.3, -0.25) is 4.99 Å². The average molecular weight is 344 g/mol. The lowest BCUT2D eigenvalue weighted by Gasteiger charge is -2.01. The molecule has 0 amide bonds. The van der Waals surface area contributed by atoms with Crippen LogP contribution in [0.3, 0.4) is 0 Å². The summed E-state index contributed by atoms with van der Waals surface area (Å²) < 4.78 is 19.4. The second kappa shape index (κ2) is 6.84. The topological polar surface area (TPSA) is 37.4 Å². The second-order valence-electron chi connectivity index (χ2n) is 5.87. The van der Waals surface area contributed by atoms with Crippen molar-refractivity contribution in [3.63, 3.8) is 0 Å². The van der Waals surface area contributed by atoms with E-state index in [-0.39, 0.29) is 5.82 Å². The number of rotatable bonds is 4. The number of benzene rings is 3. The zero-order valence-electron chi connectivity index (χ0n) is 14.2. The first kappa shape index (κ1) is 16.1. The summed E-state index contributed by atoms with van der Waals surface area (Å²) in [6.07, 6.45) is 1.71. The van der Waals surface area contributed by atoms with Crippen LogP contribution in [-0.4, -0.2) is 18.3 Å². The van der Waals surface area contributed by atoms with Crippen molar-refractivity contribution in [2.45, 2.75) is 0 Å². The van der Waals surface area contributed by atoms with Crippen molar-refractivity contribution in [2.75, 3.05) is 7.11 Å². The summed E-state index contributed by atoms with van der Waals surface area (Å²) in [5.74, 6) is 0.410. The summed E-state index contributed by atoms with van der Waals surface area (Å²) in [5, 5.41) is 0.975. The first-order valence-electron chi connectivity index (χ1n) is 8.30. The molecule has 0 atom stereocenters. The molecule has 1 heterocycles. The van der Waals surface area contributed by atoms with Crippen LogP contribution in [-0.2, 0) is 0 Å². The maximum Gasteiger partial charge on any atom is 0.148 e. The fourth-order valence-corrected chi connectivity index (χ4v) is 3.04. The Hall–Kier alpha value is -3.40. The SMILES string of the molecule is COc1cccc2c(C=Nc3ccccc3F)c(-c3ccccc3)[nH]c12.